The fraction of sp³-hybridized carbons (Fsp3) is 0.0882. The summed E-state index contributed by atoms with van der Waals surface area (Å²) in [6.45, 7) is 3.23. The SMILES string of the molecule is C=P(C)(C)c1ccc(-c2ccc3c(c2)C2(c4ccccc4Oc4ccccc42)c2ccccc2-3)cc1. The van der Waals surface area contributed by atoms with Gasteiger partial charge in [-0.25, -0.2) is 0 Å². The highest BCUT2D eigenvalue weighted by atomic mass is 31.2. The number of benzene rings is 5. The summed E-state index contributed by atoms with van der Waals surface area (Å²) in [5.74, 6) is 1.85. The molecule has 36 heavy (non-hydrogen) atoms. The Bertz CT molecular complexity index is 1660. The molecule has 1 aliphatic carbocycles. The van der Waals surface area contributed by atoms with Crippen LogP contribution in [0.1, 0.15) is 22.3 Å². The first-order valence-electron chi connectivity index (χ1n) is 12.4. The summed E-state index contributed by atoms with van der Waals surface area (Å²) in [4.78, 5) is 0. The molecule has 0 saturated carbocycles. The first-order valence-corrected chi connectivity index (χ1v) is 15.3. The van der Waals surface area contributed by atoms with Gasteiger partial charge in [0.05, 0.1) is 5.41 Å². The van der Waals surface area contributed by atoms with Crippen molar-refractivity contribution in [2.45, 2.75) is 5.41 Å². The molecule has 1 aliphatic heterocycles. The van der Waals surface area contributed by atoms with E-state index in [9.17, 15) is 0 Å². The number of ether oxygens (including phenoxy) is 1. The van der Waals surface area contributed by atoms with Crippen molar-refractivity contribution in [2.75, 3.05) is 13.3 Å². The lowest BCUT2D eigenvalue weighted by Crippen LogP contribution is -2.32. The number of fused-ring (bicyclic) bond motifs is 9. The van der Waals surface area contributed by atoms with Gasteiger partial charge < -0.3 is 4.74 Å². The normalized spacial score (nSPS) is 14.4. The molecule has 0 radical (unpaired) electrons. The zero-order valence-corrected chi connectivity index (χ0v) is 21.4. The van der Waals surface area contributed by atoms with Crippen molar-refractivity contribution < 1.29 is 4.74 Å². The summed E-state index contributed by atoms with van der Waals surface area (Å²) >= 11 is 0. The molecule has 1 nitrogen and oxygen atoms in total. The van der Waals surface area contributed by atoms with Crippen molar-refractivity contribution in [1.29, 1.82) is 0 Å². The van der Waals surface area contributed by atoms with Gasteiger partial charge in [-0.1, -0.05) is 110 Å². The van der Waals surface area contributed by atoms with Crippen LogP contribution >= 0.6 is 6.89 Å². The summed E-state index contributed by atoms with van der Waals surface area (Å²) in [7, 11) is 0. The molecule has 1 heterocycles. The van der Waals surface area contributed by atoms with Crippen LogP contribution in [-0.2, 0) is 5.41 Å². The minimum Gasteiger partial charge on any atom is -0.457 e. The van der Waals surface area contributed by atoms with E-state index in [1.807, 2.05) is 0 Å². The molecular weight excluding hydrogens is 455 g/mol. The van der Waals surface area contributed by atoms with Gasteiger partial charge in [0.2, 0.25) is 0 Å². The van der Waals surface area contributed by atoms with Crippen LogP contribution in [0.25, 0.3) is 22.3 Å². The van der Waals surface area contributed by atoms with Gasteiger partial charge in [0.1, 0.15) is 11.5 Å². The third kappa shape index (κ3) is 2.90. The molecular formula is C34H27OP. The lowest BCUT2D eigenvalue weighted by Gasteiger charge is -2.39. The Morgan fingerprint density at radius 1 is 0.556 bits per heavy atom. The zero-order chi connectivity index (χ0) is 24.5. The van der Waals surface area contributed by atoms with E-state index in [-0.39, 0.29) is 0 Å². The van der Waals surface area contributed by atoms with Crippen LogP contribution in [0.5, 0.6) is 11.5 Å². The molecule has 7 rings (SSSR count). The van der Waals surface area contributed by atoms with Gasteiger partial charge in [0.15, 0.2) is 0 Å². The largest absolute Gasteiger partial charge is 0.457 e. The number of hydrogen-bond donors (Lipinski definition) is 0. The summed E-state index contributed by atoms with van der Waals surface area (Å²) in [5.41, 5.74) is 9.67. The minimum atomic E-state index is -1.30. The summed E-state index contributed by atoms with van der Waals surface area (Å²) < 4.78 is 6.45. The van der Waals surface area contributed by atoms with Gasteiger partial charge in [0.25, 0.3) is 0 Å². The van der Waals surface area contributed by atoms with E-state index < -0.39 is 12.3 Å². The van der Waals surface area contributed by atoms with E-state index in [2.05, 4.69) is 135 Å². The smallest absolute Gasteiger partial charge is 0.132 e. The molecule has 0 amide bonds. The van der Waals surface area contributed by atoms with Crippen molar-refractivity contribution >= 4 is 18.5 Å². The van der Waals surface area contributed by atoms with Crippen molar-refractivity contribution in [1.82, 2.24) is 0 Å². The molecule has 0 bridgehead atoms. The van der Waals surface area contributed by atoms with Crippen molar-refractivity contribution in [2.24, 2.45) is 0 Å². The van der Waals surface area contributed by atoms with E-state index in [0.717, 1.165) is 11.5 Å². The Hall–Kier alpha value is -3.80. The maximum absolute atomic E-state index is 6.45. The number of rotatable bonds is 2. The second-order valence-electron chi connectivity index (χ2n) is 10.4. The van der Waals surface area contributed by atoms with Crippen molar-refractivity contribution in [3.63, 3.8) is 0 Å². The zero-order valence-electron chi connectivity index (χ0n) is 20.5. The highest BCUT2D eigenvalue weighted by Crippen LogP contribution is 2.62. The highest BCUT2D eigenvalue weighted by Gasteiger charge is 2.50. The molecule has 5 aromatic rings. The minimum absolute atomic E-state index is 0.422. The second kappa shape index (κ2) is 7.60. The van der Waals surface area contributed by atoms with Gasteiger partial charge in [0, 0.05) is 11.1 Å². The van der Waals surface area contributed by atoms with Crippen molar-refractivity contribution in [3.05, 3.63) is 138 Å². The Balaban J connectivity index is 1.54. The Labute approximate surface area is 213 Å². The lowest BCUT2D eigenvalue weighted by molar-refractivity contribution is 0.436. The molecule has 0 unspecified atom stereocenters. The van der Waals surface area contributed by atoms with Crippen LogP contribution in [-0.4, -0.2) is 19.6 Å². The van der Waals surface area contributed by atoms with E-state index in [1.54, 1.807) is 0 Å². The molecule has 2 aliphatic rings. The van der Waals surface area contributed by atoms with Gasteiger partial charge in [-0.15, -0.1) is 0 Å². The maximum Gasteiger partial charge on any atom is 0.132 e. The van der Waals surface area contributed by atoms with Gasteiger partial charge in [-0.2, -0.15) is 0 Å². The second-order valence-corrected chi connectivity index (χ2v) is 14.3. The van der Waals surface area contributed by atoms with Crippen LogP contribution in [0, 0.1) is 0 Å². The predicted molar refractivity (Wildman–Crippen MR) is 155 cm³/mol. The fourth-order valence-corrected chi connectivity index (χ4v) is 7.05. The average molecular weight is 483 g/mol. The lowest BCUT2D eigenvalue weighted by atomic mass is 9.66. The number of hydrogen-bond acceptors (Lipinski definition) is 1. The van der Waals surface area contributed by atoms with E-state index in [0.29, 0.717) is 0 Å². The van der Waals surface area contributed by atoms with E-state index in [1.165, 1.54) is 49.8 Å². The third-order valence-electron chi connectivity index (χ3n) is 7.75. The van der Waals surface area contributed by atoms with E-state index >= 15 is 0 Å². The Morgan fingerprint density at radius 2 is 1.08 bits per heavy atom. The molecule has 0 atom stereocenters. The van der Waals surface area contributed by atoms with Crippen LogP contribution in [0.4, 0.5) is 0 Å². The molecule has 0 N–H and O–H groups in total. The van der Waals surface area contributed by atoms with Crippen LogP contribution in [0.15, 0.2) is 115 Å². The molecule has 0 fully saturated rings. The Morgan fingerprint density at radius 3 is 1.72 bits per heavy atom. The molecule has 5 aromatic carbocycles. The first kappa shape index (κ1) is 21.5. The standard InChI is InChI=1S/C34H27OP/c1-36(2,3)25-19-16-23(17-20-25)24-18-21-27-26-10-4-5-11-28(26)34(31(27)22-24)29-12-6-8-14-32(29)35-33-15-9-7-13-30(33)34/h4-22H,1H2,2-3H3. The monoisotopic (exact) mass is 482 g/mol. The summed E-state index contributed by atoms with van der Waals surface area (Å²) in [6, 6.07) is 41.9. The van der Waals surface area contributed by atoms with E-state index in [4.69, 9.17) is 4.74 Å². The fourth-order valence-electron chi connectivity index (χ4n) is 6.09. The summed E-state index contributed by atoms with van der Waals surface area (Å²) in [6.07, 6.45) is 4.41. The topological polar surface area (TPSA) is 9.23 Å². The van der Waals surface area contributed by atoms with Gasteiger partial charge in [-0.05, 0) is 70.2 Å². The predicted octanol–water partition coefficient (Wildman–Crippen LogP) is 8.16. The molecule has 0 saturated heterocycles. The van der Waals surface area contributed by atoms with Crippen LogP contribution < -0.4 is 10.0 Å². The van der Waals surface area contributed by atoms with Crippen molar-refractivity contribution in [3.8, 4) is 33.8 Å². The molecule has 1 spiro atoms. The molecule has 2 heteroatoms. The quantitative estimate of drug-likeness (QED) is 0.226. The average Bonchev–Trinajstić information content (AvgIpc) is 3.19. The van der Waals surface area contributed by atoms with Crippen LogP contribution in [0.3, 0.4) is 0 Å². The molecule has 0 aromatic heterocycles. The summed E-state index contributed by atoms with van der Waals surface area (Å²) in [5, 5.41) is 1.35. The van der Waals surface area contributed by atoms with Gasteiger partial charge in [-0.3, -0.25) is 0 Å². The number of para-hydroxylation sites is 2. The highest BCUT2D eigenvalue weighted by molar-refractivity contribution is 7.79. The first-order chi connectivity index (χ1) is 17.5. The third-order valence-corrected chi connectivity index (χ3v) is 9.44. The maximum atomic E-state index is 6.45. The van der Waals surface area contributed by atoms with Crippen LogP contribution in [0.2, 0.25) is 0 Å². The Kier molecular flexibility index (Phi) is 4.53. The molecule has 174 valence electrons. The van der Waals surface area contributed by atoms with Gasteiger partial charge >= 0.3 is 0 Å².